The van der Waals surface area contributed by atoms with Gasteiger partial charge in [-0.25, -0.2) is 0 Å². The van der Waals surface area contributed by atoms with Gasteiger partial charge in [0.1, 0.15) is 0 Å². The molecule has 2 fully saturated rings. The van der Waals surface area contributed by atoms with Gasteiger partial charge in [0.25, 0.3) is 0 Å². The van der Waals surface area contributed by atoms with Crippen molar-refractivity contribution in [1.82, 2.24) is 5.32 Å². The second-order valence-corrected chi connectivity index (χ2v) is 4.57. The lowest BCUT2D eigenvalue weighted by Gasteiger charge is -2.31. The standard InChI is InChI=1S/C13H17NO.ClH/c1-2-4-10(5-3-1)12-8-14-9-13(15-12)11-6-7-11;/h1-5,11-14H,6-9H2;1H/t12-,13+;/m0./s1. The average Bonchev–Trinajstić information content (AvgIpc) is 3.14. The van der Waals surface area contributed by atoms with Gasteiger partial charge < -0.3 is 10.1 Å². The number of nitrogens with one attached hydrogen (secondary N) is 1. The summed E-state index contributed by atoms with van der Waals surface area (Å²) < 4.78 is 6.13. The molecule has 0 aromatic heterocycles. The fourth-order valence-electron chi connectivity index (χ4n) is 2.27. The number of rotatable bonds is 2. The molecule has 1 aliphatic heterocycles. The Kier molecular flexibility index (Phi) is 3.85. The molecule has 0 radical (unpaired) electrons. The van der Waals surface area contributed by atoms with Crippen molar-refractivity contribution in [2.75, 3.05) is 13.1 Å². The largest absolute Gasteiger partial charge is 0.367 e. The van der Waals surface area contributed by atoms with Gasteiger partial charge in [0.15, 0.2) is 0 Å². The van der Waals surface area contributed by atoms with Crippen LogP contribution in [0.3, 0.4) is 0 Å². The summed E-state index contributed by atoms with van der Waals surface area (Å²) in [5, 5.41) is 3.48. The van der Waals surface area contributed by atoms with Gasteiger partial charge >= 0.3 is 0 Å². The van der Waals surface area contributed by atoms with Crippen LogP contribution in [0.15, 0.2) is 30.3 Å². The Morgan fingerprint density at radius 1 is 1.06 bits per heavy atom. The highest BCUT2D eigenvalue weighted by Crippen LogP contribution is 2.37. The van der Waals surface area contributed by atoms with Gasteiger partial charge in [0, 0.05) is 13.1 Å². The van der Waals surface area contributed by atoms with Crippen LogP contribution in [0.2, 0.25) is 0 Å². The lowest BCUT2D eigenvalue weighted by molar-refractivity contribution is -0.0493. The minimum atomic E-state index is 0. The maximum atomic E-state index is 6.13. The van der Waals surface area contributed by atoms with E-state index >= 15 is 0 Å². The first kappa shape index (κ1) is 11.9. The van der Waals surface area contributed by atoms with Gasteiger partial charge in [-0.1, -0.05) is 30.3 Å². The molecule has 2 aliphatic rings. The van der Waals surface area contributed by atoms with E-state index in [1.165, 1.54) is 18.4 Å². The molecule has 16 heavy (non-hydrogen) atoms. The van der Waals surface area contributed by atoms with Crippen molar-refractivity contribution in [3.8, 4) is 0 Å². The Morgan fingerprint density at radius 2 is 1.81 bits per heavy atom. The predicted octanol–water partition coefficient (Wildman–Crippen LogP) is 2.55. The predicted molar refractivity (Wildman–Crippen MR) is 66.9 cm³/mol. The molecule has 1 saturated heterocycles. The molecule has 0 spiro atoms. The number of ether oxygens (including phenoxy) is 1. The Hall–Kier alpha value is -0.570. The van der Waals surface area contributed by atoms with E-state index in [9.17, 15) is 0 Å². The van der Waals surface area contributed by atoms with Gasteiger partial charge in [0.05, 0.1) is 12.2 Å². The van der Waals surface area contributed by atoms with Crippen LogP contribution in [-0.4, -0.2) is 19.2 Å². The second kappa shape index (κ2) is 5.17. The monoisotopic (exact) mass is 239 g/mol. The van der Waals surface area contributed by atoms with Crippen molar-refractivity contribution >= 4 is 12.4 Å². The second-order valence-electron chi connectivity index (χ2n) is 4.57. The third-order valence-corrected chi connectivity index (χ3v) is 3.33. The Bertz CT molecular complexity index is 326. The zero-order chi connectivity index (χ0) is 10.1. The zero-order valence-electron chi connectivity index (χ0n) is 9.26. The number of morpholine rings is 1. The van der Waals surface area contributed by atoms with Crippen molar-refractivity contribution in [2.45, 2.75) is 25.0 Å². The summed E-state index contributed by atoms with van der Waals surface area (Å²) in [5.74, 6) is 0.823. The van der Waals surface area contributed by atoms with Gasteiger partial charge in [0.2, 0.25) is 0 Å². The molecule has 0 amide bonds. The minimum Gasteiger partial charge on any atom is -0.367 e. The third-order valence-electron chi connectivity index (χ3n) is 3.33. The molecule has 1 N–H and O–H groups in total. The molecule has 3 rings (SSSR count). The van der Waals surface area contributed by atoms with E-state index in [0.717, 1.165) is 19.0 Å². The van der Waals surface area contributed by atoms with Crippen LogP contribution in [0.5, 0.6) is 0 Å². The van der Waals surface area contributed by atoms with E-state index < -0.39 is 0 Å². The quantitative estimate of drug-likeness (QED) is 0.857. The van der Waals surface area contributed by atoms with Crippen LogP contribution in [0, 0.1) is 5.92 Å². The maximum absolute atomic E-state index is 6.13. The minimum absolute atomic E-state index is 0. The van der Waals surface area contributed by atoms with Crippen molar-refractivity contribution in [2.24, 2.45) is 5.92 Å². The Balaban J connectivity index is 0.000000963. The molecule has 3 heteroatoms. The average molecular weight is 240 g/mol. The van der Waals surface area contributed by atoms with E-state index in [1.807, 2.05) is 0 Å². The third kappa shape index (κ3) is 2.57. The first-order valence-corrected chi connectivity index (χ1v) is 5.84. The van der Waals surface area contributed by atoms with Crippen LogP contribution < -0.4 is 5.32 Å². The Morgan fingerprint density at radius 3 is 2.50 bits per heavy atom. The highest BCUT2D eigenvalue weighted by Gasteiger charge is 2.35. The summed E-state index contributed by atoms with van der Waals surface area (Å²) in [7, 11) is 0. The summed E-state index contributed by atoms with van der Waals surface area (Å²) in [6.45, 7) is 1.99. The molecular formula is C13H18ClNO. The van der Waals surface area contributed by atoms with Crippen LogP contribution >= 0.6 is 12.4 Å². The first-order chi connectivity index (χ1) is 7.43. The van der Waals surface area contributed by atoms with Crippen LogP contribution in [-0.2, 0) is 4.74 Å². The van der Waals surface area contributed by atoms with Gasteiger partial charge in [-0.2, -0.15) is 0 Å². The highest BCUT2D eigenvalue weighted by atomic mass is 35.5. The van der Waals surface area contributed by atoms with Gasteiger partial charge in [-0.15, -0.1) is 12.4 Å². The molecule has 2 atom stereocenters. The molecule has 2 nitrogen and oxygen atoms in total. The zero-order valence-corrected chi connectivity index (χ0v) is 10.1. The van der Waals surface area contributed by atoms with E-state index in [2.05, 4.69) is 35.6 Å². The maximum Gasteiger partial charge on any atom is 0.0953 e. The van der Waals surface area contributed by atoms with E-state index in [4.69, 9.17) is 4.74 Å². The van der Waals surface area contributed by atoms with Gasteiger partial charge in [-0.3, -0.25) is 0 Å². The molecule has 1 aromatic carbocycles. The van der Waals surface area contributed by atoms with Crippen LogP contribution in [0.1, 0.15) is 24.5 Å². The summed E-state index contributed by atoms with van der Waals surface area (Å²) in [5.41, 5.74) is 1.30. The molecule has 1 aromatic rings. The van der Waals surface area contributed by atoms with Crippen LogP contribution in [0.4, 0.5) is 0 Å². The van der Waals surface area contributed by atoms with E-state index in [-0.39, 0.29) is 18.5 Å². The van der Waals surface area contributed by atoms with Crippen LogP contribution in [0.25, 0.3) is 0 Å². The molecule has 1 saturated carbocycles. The number of hydrogen-bond donors (Lipinski definition) is 1. The van der Waals surface area contributed by atoms with Gasteiger partial charge in [-0.05, 0) is 24.3 Å². The van der Waals surface area contributed by atoms with Crippen molar-refractivity contribution < 1.29 is 4.74 Å². The Labute approximate surface area is 103 Å². The summed E-state index contributed by atoms with van der Waals surface area (Å²) in [6.07, 6.45) is 3.41. The molecule has 1 aliphatic carbocycles. The SMILES string of the molecule is Cl.c1ccc([C@@H]2CNC[C@H](C3CC3)O2)cc1. The lowest BCUT2D eigenvalue weighted by atomic mass is 10.1. The summed E-state index contributed by atoms with van der Waals surface area (Å²) in [6, 6.07) is 10.5. The number of halogens is 1. The van der Waals surface area contributed by atoms with Crippen molar-refractivity contribution in [3.05, 3.63) is 35.9 Å². The van der Waals surface area contributed by atoms with E-state index in [1.54, 1.807) is 0 Å². The lowest BCUT2D eigenvalue weighted by Crippen LogP contribution is -2.41. The molecule has 0 bridgehead atoms. The topological polar surface area (TPSA) is 21.3 Å². The summed E-state index contributed by atoms with van der Waals surface area (Å²) in [4.78, 5) is 0. The molecular weight excluding hydrogens is 222 g/mol. The number of hydrogen-bond acceptors (Lipinski definition) is 2. The molecule has 1 heterocycles. The molecule has 88 valence electrons. The van der Waals surface area contributed by atoms with E-state index in [0.29, 0.717) is 6.10 Å². The normalized spacial score (nSPS) is 29.5. The summed E-state index contributed by atoms with van der Waals surface area (Å²) >= 11 is 0. The molecule has 0 unspecified atom stereocenters. The van der Waals surface area contributed by atoms with Crippen molar-refractivity contribution in [1.29, 1.82) is 0 Å². The number of benzene rings is 1. The fourth-order valence-corrected chi connectivity index (χ4v) is 2.27. The first-order valence-electron chi connectivity index (χ1n) is 5.84. The fraction of sp³-hybridized carbons (Fsp3) is 0.538. The highest BCUT2D eigenvalue weighted by molar-refractivity contribution is 5.85. The van der Waals surface area contributed by atoms with Crippen molar-refractivity contribution in [3.63, 3.8) is 0 Å². The smallest absolute Gasteiger partial charge is 0.0953 e.